The number of carbonyl (C=O) groups is 1. The van der Waals surface area contributed by atoms with E-state index in [0.29, 0.717) is 19.8 Å². The molecule has 2 atom stereocenters. The van der Waals surface area contributed by atoms with Gasteiger partial charge in [-0.05, 0) is 33.1 Å². The molecule has 1 saturated carbocycles. The molecule has 22 heavy (non-hydrogen) atoms. The average molecular weight is 308 g/mol. The fourth-order valence-corrected chi connectivity index (χ4v) is 2.91. The summed E-state index contributed by atoms with van der Waals surface area (Å²) in [6.45, 7) is 5.40. The fourth-order valence-electron chi connectivity index (χ4n) is 2.91. The molecule has 0 unspecified atom stereocenters. The molecule has 1 aliphatic heterocycles. The van der Waals surface area contributed by atoms with Gasteiger partial charge in [-0.2, -0.15) is 0 Å². The zero-order chi connectivity index (χ0) is 15.5. The number of carbonyl (C=O) groups excluding carboxylic acids is 1. The highest BCUT2D eigenvalue weighted by Gasteiger charge is 2.32. The van der Waals surface area contributed by atoms with Crippen LogP contribution in [0, 0.1) is 19.8 Å². The van der Waals surface area contributed by atoms with E-state index in [-0.39, 0.29) is 24.0 Å². The Kier molecular flexibility index (Phi) is 4.78. The number of rotatable bonds is 5. The lowest BCUT2D eigenvalue weighted by Crippen LogP contribution is -2.52. The monoisotopic (exact) mass is 308 g/mol. The summed E-state index contributed by atoms with van der Waals surface area (Å²) in [6.07, 6.45) is 3.87. The number of nitrogens with one attached hydrogen (secondary N) is 1. The van der Waals surface area contributed by atoms with Gasteiger partial charge in [0.25, 0.3) is 0 Å². The molecule has 0 bridgehead atoms. The molecular weight excluding hydrogens is 284 g/mol. The molecule has 0 radical (unpaired) electrons. The van der Waals surface area contributed by atoms with Gasteiger partial charge in [-0.3, -0.25) is 4.79 Å². The third-order valence-corrected chi connectivity index (χ3v) is 4.73. The first kappa shape index (κ1) is 15.5. The first-order valence-electron chi connectivity index (χ1n) is 8.06. The van der Waals surface area contributed by atoms with Gasteiger partial charge >= 0.3 is 0 Å². The summed E-state index contributed by atoms with van der Waals surface area (Å²) < 4.78 is 16.7. The van der Waals surface area contributed by atoms with Gasteiger partial charge in [0.1, 0.15) is 11.9 Å². The number of aromatic nitrogens is 1. The zero-order valence-corrected chi connectivity index (χ0v) is 13.3. The second-order valence-electron chi connectivity index (χ2n) is 6.26. The van der Waals surface area contributed by atoms with E-state index in [4.69, 9.17) is 14.0 Å². The topological polar surface area (TPSA) is 73.6 Å². The van der Waals surface area contributed by atoms with Crippen LogP contribution >= 0.6 is 0 Å². The largest absolute Gasteiger partial charge is 0.379 e. The third-order valence-electron chi connectivity index (χ3n) is 4.73. The molecule has 2 heterocycles. The van der Waals surface area contributed by atoms with Crippen molar-refractivity contribution in [2.24, 2.45) is 5.92 Å². The van der Waals surface area contributed by atoms with Crippen molar-refractivity contribution in [2.45, 2.75) is 58.3 Å². The van der Waals surface area contributed by atoms with Crippen molar-refractivity contribution in [2.75, 3.05) is 13.2 Å². The number of hydrogen-bond donors (Lipinski definition) is 1. The van der Waals surface area contributed by atoms with Gasteiger partial charge in [-0.1, -0.05) is 11.6 Å². The van der Waals surface area contributed by atoms with E-state index in [1.807, 2.05) is 13.8 Å². The Labute approximate surface area is 130 Å². The van der Waals surface area contributed by atoms with Gasteiger partial charge in [0.2, 0.25) is 5.91 Å². The molecule has 1 aliphatic carbocycles. The summed E-state index contributed by atoms with van der Waals surface area (Å²) in [5.74, 6) is 1.15. The SMILES string of the molecule is Cc1noc(C)c1CO[C@@H]1COCC[C@H]1NC(=O)C1CCC1. The van der Waals surface area contributed by atoms with E-state index >= 15 is 0 Å². The van der Waals surface area contributed by atoms with Gasteiger partial charge < -0.3 is 19.3 Å². The second-order valence-corrected chi connectivity index (χ2v) is 6.26. The van der Waals surface area contributed by atoms with Crippen LogP contribution in [0.4, 0.5) is 0 Å². The molecule has 0 spiro atoms. The van der Waals surface area contributed by atoms with Crippen LogP contribution in [0.1, 0.15) is 42.7 Å². The van der Waals surface area contributed by atoms with Crippen LogP contribution in [-0.2, 0) is 20.9 Å². The summed E-state index contributed by atoms with van der Waals surface area (Å²) in [5.41, 5.74) is 1.83. The summed E-state index contributed by atoms with van der Waals surface area (Å²) in [4.78, 5) is 12.1. The van der Waals surface area contributed by atoms with Crippen molar-refractivity contribution in [3.8, 4) is 0 Å². The smallest absolute Gasteiger partial charge is 0.223 e. The van der Waals surface area contributed by atoms with Crippen LogP contribution in [0.15, 0.2) is 4.52 Å². The summed E-state index contributed by atoms with van der Waals surface area (Å²) in [5, 5.41) is 7.08. The van der Waals surface area contributed by atoms with Gasteiger partial charge in [0.05, 0.1) is 24.9 Å². The minimum atomic E-state index is -0.119. The van der Waals surface area contributed by atoms with Gasteiger partial charge in [0, 0.05) is 18.1 Å². The van der Waals surface area contributed by atoms with Crippen molar-refractivity contribution < 1.29 is 18.8 Å². The molecule has 6 heteroatoms. The predicted octanol–water partition coefficient (Wildman–Crippen LogP) is 1.88. The molecule has 122 valence electrons. The summed E-state index contributed by atoms with van der Waals surface area (Å²) in [7, 11) is 0. The molecular formula is C16H24N2O4. The lowest BCUT2D eigenvalue weighted by atomic mass is 9.84. The first-order chi connectivity index (χ1) is 10.6. The molecule has 1 N–H and O–H groups in total. The predicted molar refractivity (Wildman–Crippen MR) is 79.3 cm³/mol. The van der Waals surface area contributed by atoms with Crippen LogP contribution in [0.2, 0.25) is 0 Å². The van der Waals surface area contributed by atoms with Gasteiger partial charge in [0.15, 0.2) is 0 Å². The van der Waals surface area contributed by atoms with Crippen molar-refractivity contribution in [1.29, 1.82) is 0 Å². The number of nitrogens with zero attached hydrogens (tertiary/aromatic N) is 1. The molecule has 2 fully saturated rings. The lowest BCUT2D eigenvalue weighted by Gasteiger charge is -2.34. The van der Waals surface area contributed by atoms with Crippen LogP contribution in [0.25, 0.3) is 0 Å². The number of ether oxygens (including phenoxy) is 2. The van der Waals surface area contributed by atoms with Crippen LogP contribution in [0.5, 0.6) is 0 Å². The van der Waals surface area contributed by atoms with E-state index in [1.165, 1.54) is 0 Å². The highest BCUT2D eigenvalue weighted by Crippen LogP contribution is 2.27. The van der Waals surface area contributed by atoms with Crippen molar-refractivity contribution >= 4 is 5.91 Å². The minimum absolute atomic E-state index is 0.0299. The van der Waals surface area contributed by atoms with Crippen molar-refractivity contribution in [1.82, 2.24) is 10.5 Å². The maximum atomic E-state index is 12.1. The molecule has 1 saturated heterocycles. The van der Waals surface area contributed by atoms with Gasteiger partial charge in [-0.15, -0.1) is 0 Å². The molecule has 1 amide bonds. The quantitative estimate of drug-likeness (QED) is 0.899. The maximum Gasteiger partial charge on any atom is 0.223 e. The van der Waals surface area contributed by atoms with Crippen LogP contribution < -0.4 is 5.32 Å². The number of amides is 1. The van der Waals surface area contributed by atoms with E-state index in [9.17, 15) is 4.79 Å². The van der Waals surface area contributed by atoms with Crippen LogP contribution in [0.3, 0.4) is 0 Å². The highest BCUT2D eigenvalue weighted by atomic mass is 16.5. The zero-order valence-electron chi connectivity index (χ0n) is 13.3. The van der Waals surface area contributed by atoms with Crippen molar-refractivity contribution in [3.05, 3.63) is 17.0 Å². The van der Waals surface area contributed by atoms with Gasteiger partial charge in [-0.25, -0.2) is 0 Å². The Morgan fingerprint density at radius 1 is 1.36 bits per heavy atom. The molecule has 1 aromatic rings. The maximum absolute atomic E-state index is 12.1. The van der Waals surface area contributed by atoms with Crippen molar-refractivity contribution in [3.63, 3.8) is 0 Å². The Balaban J connectivity index is 1.56. The molecule has 0 aromatic carbocycles. The Morgan fingerprint density at radius 3 is 2.82 bits per heavy atom. The lowest BCUT2D eigenvalue weighted by molar-refractivity contribution is -0.132. The normalized spacial score (nSPS) is 25.7. The highest BCUT2D eigenvalue weighted by molar-refractivity contribution is 5.79. The molecule has 6 nitrogen and oxygen atoms in total. The standard InChI is InChI=1S/C16H24N2O4/c1-10-13(11(2)22-18-10)8-21-15-9-20-7-6-14(15)17-16(19)12-4-3-5-12/h12,14-15H,3-9H2,1-2H3,(H,17,19)/t14-,15-/m1/s1. The summed E-state index contributed by atoms with van der Waals surface area (Å²) >= 11 is 0. The van der Waals surface area contributed by atoms with E-state index in [0.717, 1.165) is 42.7 Å². The molecule has 1 aromatic heterocycles. The Hall–Kier alpha value is -1.40. The third kappa shape index (κ3) is 3.33. The molecule has 3 rings (SSSR count). The molecule has 2 aliphatic rings. The first-order valence-corrected chi connectivity index (χ1v) is 8.06. The fraction of sp³-hybridized carbons (Fsp3) is 0.750. The number of hydrogen-bond acceptors (Lipinski definition) is 5. The minimum Gasteiger partial charge on any atom is -0.379 e. The van der Waals surface area contributed by atoms with E-state index < -0.39 is 0 Å². The number of aryl methyl sites for hydroxylation is 2. The van der Waals surface area contributed by atoms with E-state index in [2.05, 4.69) is 10.5 Å². The van der Waals surface area contributed by atoms with E-state index in [1.54, 1.807) is 0 Å². The summed E-state index contributed by atoms with van der Waals surface area (Å²) in [6, 6.07) is 0.0299. The van der Waals surface area contributed by atoms with Crippen LogP contribution in [-0.4, -0.2) is 36.4 Å². The second kappa shape index (κ2) is 6.79. The average Bonchev–Trinajstić information content (AvgIpc) is 2.75. The Morgan fingerprint density at radius 2 is 2.18 bits per heavy atom. The Bertz CT molecular complexity index is 505.